The molecule has 0 aliphatic rings. The lowest BCUT2D eigenvalue weighted by atomic mass is 10.1. The molecule has 150 valence electrons. The van der Waals surface area contributed by atoms with E-state index in [4.69, 9.17) is 16.1 Å². The third-order valence-corrected chi connectivity index (χ3v) is 4.75. The molecule has 29 heavy (non-hydrogen) atoms. The molecule has 0 bridgehead atoms. The molecule has 0 fully saturated rings. The number of nitrogens with one attached hydrogen (secondary N) is 2. The zero-order chi connectivity index (χ0) is 21.2. The highest BCUT2D eigenvalue weighted by molar-refractivity contribution is 9.10. The van der Waals surface area contributed by atoms with Gasteiger partial charge in [0.1, 0.15) is 4.47 Å². The minimum absolute atomic E-state index is 0.0654. The fourth-order valence-electron chi connectivity index (χ4n) is 2.30. The molecule has 3 aromatic rings. The Balaban J connectivity index is 1.72. The number of hydrogen-bond donors (Lipinski definition) is 2. The van der Waals surface area contributed by atoms with Crippen molar-refractivity contribution < 1.29 is 27.3 Å². The van der Waals surface area contributed by atoms with E-state index in [1.54, 1.807) is 12.1 Å². The van der Waals surface area contributed by atoms with Gasteiger partial charge in [0.25, 0.3) is 5.91 Å². The van der Waals surface area contributed by atoms with E-state index in [0.717, 1.165) is 12.1 Å². The van der Waals surface area contributed by atoms with Gasteiger partial charge in [-0.2, -0.15) is 13.2 Å². The number of amides is 3. The van der Waals surface area contributed by atoms with Crippen molar-refractivity contribution in [2.24, 2.45) is 0 Å². The van der Waals surface area contributed by atoms with E-state index in [2.05, 4.69) is 31.7 Å². The first kappa shape index (κ1) is 20.9. The Bertz CT molecular complexity index is 1070. The van der Waals surface area contributed by atoms with Crippen LogP contribution in [0, 0.1) is 0 Å². The predicted molar refractivity (Wildman–Crippen MR) is 103 cm³/mol. The summed E-state index contributed by atoms with van der Waals surface area (Å²) in [6, 6.07) is 9.47. The number of benzene rings is 2. The van der Waals surface area contributed by atoms with Crippen LogP contribution < -0.4 is 10.6 Å². The highest BCUT2D eigenvalue weighted by atomic mass is 79.9. The topological polar surface area (TPSA) is 84.2 Å². The molecular weight excluding hydrogens is 479 g/mol. The smallest absolute Gasteiger partial charge is 0.353 e. The lowest BCUT2D eigenvalue weighted by Crippen LogP contribution is -2.34. The Morgan fingerprint density at radius 2 is 1.72 bits per heavy atom. The van der Waals surface area contributed by atoms with Crippen molar-refractivity contribution >= 4 is 45.3 Å². The molecule has 0 saturated heterocycles. The molecule has 6 nitrogen and oxygen atoms in total. The first-order valence-electron chi connectivity index (χ1n) is 7.86. The number of carbonyl (C=O) groups is 2. The molecule has 0 saturated carbocycles. The molecule has 0 radical (unpaired) electrons. The summed E-state index contributed by atoms with van der Waals surface area (Å²) in [5.41, 5.74) is -0.403. The number of halogens is 5. The summed E-state index contributed by atoms with van der Waals surface area (Å²) >= 11 is 9.07. The van der Waals surface area contributed by atoms with Crippen LogP contribution in [0.5, 0.6) is 0 Å². The van der Waals surface area contributed by atoms with Crippen molar-refractivity contribution in [3.05, 3.63) is 69.2 Å². The number of nitrogens with zero attached hydrogens (tertiary/aromatic N) is 1. The van der Waals surface area contributed by atoms with Gasteiger partial charge in [0.05, 0.1) is 16.1 Å². The fourth-order valence-corrected chi connectivity index (χ4v) is 3.00. The van der Waals surface area contributed by atoms with Crippen LogP contribution >= 0.6 is 27.5 Å². The van der Waals surface area contributed by atoms with Gasteiger partial charge in [-0.3, -0.25) is 15.4 Å². The number of imide groups is 1. The number of hydrogen-bond acceptors (Lipinski definition) is 4. The summed E-state index contributed by atoms with van der Waals surface area (Å²) in [5.74, 6) is -0.688. The van der Waals surface area contributed by atoms with E-state index < -0.39 is 23.7 Å². The molecule has 2 N–H and O–H groups in total. The second kappa shape index (κ2) is 8.26. The predicted octanol–water partition coefficient (Wildman–Crippen LogP) is 5.74. The van der Waals surface area contributed by atoms with Gasteiger partial charge < -0.3 is 4.52 Å². The van der Waals surface area contributed by atoms with Gasteiger partial charge in [-0.05, 0) is 40.2 Å². The summed E-state index contributed by atoms with van der Waals surface area (Å²) in [7, 11) is 0. The van der Waals surface area contributed by atoms with Gasteiger partial charge in [0.15, 0.2) is 11.6 Å². The fraction of sp³-hybridized carbons (Fsp3) is 0.0556. The lowest BCUT2D eigenvalue weighted by Gasteiger charge is -2.07. The van der Waals surface area contributed by atoms with Crippen molar-refractivity contribution in [2.75, 3.05) is 5.32 Å². The molecule has 2 aromatic carbocycles. The molecule has 0 atom stereocenters. The summed E-state index contributed by atoms with van der Waals surface area (Å²) in [4.78, 5) is 24.1. The van der Waals surface area contributed by atoms with Crippen LogP contribution in [0.3, 0.4) is 0 Å². The Hall–Kier alpha value is -2.85. The Labute approximate surface area is 175 Å². The Kier molecular flexibility index (Phi) is 5.94. The highest BCUT2D eigenvalue weighted by Crippen LogP contribution is 2.36. The van der Waals surface area contributed by atoms with Gasteiger partial charge in [0, 0.05) is 5.56 Å². The van der Waals surface area contributed by atoms with E-state index in [-0.39, 0.29) is 26.6 Å². The third kappa shape index (κ3) is 4.77. The van der Waals surface area contributed by atoms with Crippen LogP contribution in [0.1, 0.15) is 15.9 Å². The molecule has 0 aliphatic heterocycles. The first-order valence-corrected chi connectivity index (χ1v) is 9.03. The lowest BCUT2D eigenvalue weighted by molar-refractivity contribution is -0.137. The molecule has 3 amide bonds. The summed E-state index contributed by atoms with van der Waals surface area (Å²) < 4.78 is 43.3. The van der Waals surface area contributed by atoms with Gasteiger partial charge in [-0.15, -0.1) is 0 Å². The van der Waals surface area contributed by atoms with Crippen molar-refractivity contribution in [1.82, 2.24) is 10.5 Å². The molecule has 3 rings (SSSR count). The van der Waals surface area contributed by atoms with Crippen molar-refractivity contribution in [1.29, 1.82) is 0 Å². The van der Waals surface area contributed by atoms with E-state index in [1.165, 1.54) is 24.3 Å². The standard InChI is InChI=1S/C18H10BrClF3N3O3/c19-13-14(9-5-7-10(8-6-9)18(21,22)23)29-26-15(13)24-17(28)25-16(27)11-3-1-2-4-12(11)20/h1-8H,(H2,24,25,26,27,28). The molecule has 1 aromatic heterocycles. The molecule has 1 heterocycles. The zero-order valence-electron chi connectivity index (χ0n) is 14.2. The van der Waals surface area contributed by atoms with E-state index in [0.29, 0.717) is 5.56 Å². The second-order valence-corrected chi connectivity index (χ2v) is 6.84. The number of aromatic nitrogens is 1. The van der Waals surface area contributed by atoms with Gasteiger partial charge in [-0.1, -0.05) is 41.0 Å². The molecule has 11 heteroatoms. The second-order valence-electron chi connectivity index (χ2n) is 5.64. The Morgan fingerprint density at radius 3 is 2.34 bits per heavy atom. The third-order valence-electron chi connectivity index (χ3n) is 3.69. The highest BCUT2D eigenvalue weighted by Gasteiger charge is 2.30. The monoisotopic (exact) mass is 487 g/mol. The summed E-state index contributed by atoms with van der Waals surface area (Å²) in [5, 5.41) is 8.21. The van der Waals surface area contributed by atoms with Crippen LogP contribution in [-0.4, -0.2) is 17.1 Å². The average Bonchev–Trinajstić information content (AvgIpc) is 3.01. The maximum absolute atomic E-state index is 12.7. The van der Waals surface area contributed by atoms with Crippen LogP contribution in [-0.2, 0) is 6.18 Å². The van der Waals surface area contributed by atoms with Gasteiger partial charge in [0.2, 0.25) is 0 Å². The minimum atomic E-state index is -4.46. The zero-order valence-corrected chi connectivity index (χ0v) is 16.5. The first-order chi connectivity index (χ1) is 13.7. The number of anilines is 1. The largest absolute Gasteiger partial charge is 0.416 e. The van der Waals surface area contributed by atoms with E-state index in [9.17, 15) is 22.8 Å². The Morgan fingerprint density at radius 1 is 1.07 bits per heavy atom. The van der Waals surface area contributed by atoms with Crippen LogP contribution in [0.15, 0.2) is 57.5 Å². The molecule has 0 unspecified atom stereocenters. The number of carbonyl (C=O) groups excluding carboxylic acids is 2. The summed E-state index contributed by atoms with van der Waals surface area (Å²) in [6.45, 7) is 0. The van der Waals surface area contributed by atoms with E-state index >= 15 is 0 Å². The van der Waals surface area contributed by atoms with Crippen LogP contribution in [0.2, 0.25) is 5.02 Å². The maximum atomic E-state index is 12.7. The van der Waals surface area contributed by atoms with Gasteiger partial charge in [-0.25, -0.2) is 4.79 Å². The van der Waals surface area contributed by atoms with Crippen molar-refractivity contribution in [2.45, 2.75) is 6.18 Å². The van der Waals surface area contributed by atoms with E-state index in [1.807, 2.05) is 0 Å². The van der Waals surface area contributed by atoms with Crippen LogP contribution in [0.4, 0.5) is 23.8 Å². The maximum Gasteiger partial charge on any atom is 0.416 e. The minimum Gasteiger partial charge on any atom is -0.353 e. The summed E-state index contributed by atoms with van der Waals surface area (Å²) in [6.07, 6.45) is -4.46. The number of urea groups is 1. The van der Waals surface area contributed by atoms with Crippen LogP contribution in [0.25, 0.3) is 11.3 Å². The van der Waals surface area contributed by atoms with Crippen molar-refractivity contribution in [3.63, 3.8) is 0 Å². The van der Waals surface area contributed by atoms with Crippen molar-refractivity contribution in [3.8, 4) is 11.3 Å². The van der Waals surface area contributed by atoms with Gasteiger partial charge >= 0.3 is 12.2 Å². The normalized spacial score (nSPS) is 11.2. The molecule has 0 aliphatic carbocycles. The number of rotatable bonds is 3. The number of alkyl halides is 3. The quantitative estimate of drug-likeness (QED) is 0.493. The molecule has 0 spiro atoms. The average molecular weight is 489 g/mol. The molecular formula is C18H10BrClF3N3O3. The SMILES string of the molecule is O=C(NC(=O)c1ccccc1Cl)Nc1noc(-c2ccc(C(F)(F)F)cc2)c1Br.